The third-order valence-corrected chi connectivity index (χ3v) is 3.08. The summed E-state index contributed by atoms with van der Waals surface area (Å²) in [5.74, 6) is 0.0846. The Morgan fingerprint density at radius 2 is 1.60 bits per heavy atom. The van der Waals surface area contributed by atoms with E-state index in [0.717, 1.165) is 5.56 Å². The summed E-state index contributed by atoms with van der Waals surface area (Å²) in [4.78, 5) is 27.0. The number of ketones is 1. The standard InChI is InChI=1S/C16H13NO3/c1-16(14(18)12-8-4-2-5-9-12)17-15(19-20-16)13-10-6-3-7-11-13/h2-11H,1H3. The molecule has 4 heteroatoms. The molecule has 20 heavy (non-hydrogen) atoms. The van der Waals surface area contributed by atoms with Crippen LogP contribution in [0.1, 0.15) is 22.8 Å². The molecule has 0 N–H and O–H groups in total. The number of carbonyl (C=O) groups is 1. The molecule has 0 fully saturated rings. The highest BCUT2D eigenvalue weighted by molar-refractivity contribution is 6.05. The van der Waals surface area contributed by atoms with Crippen LogP contribution < -0.4 is 0 Å². The topological polar surface area (TPSA) is 47.9 Å². The van der Waals surface area contributed by atoms with Crippen LogP contribution in [0.15, 0.2) is 65.7 Å². The van der Waals surface area contributed by atoms with E-state index in [1.54, 1.807) is 31.2 Å². The molecule has 0 saturated carbocycles. The van der Waals surface area contributed by atoms with Gasteiger partial charge < -0.3 is 4.89 Å². The first kappa shape index (κ1) is 12.6. The van der Waals surface area contributed by atoms with E-state index in [-0.39, 0.29) is 5.78 Å². The smallest absolute Gasteiger partial charge is 0.267 e. The zero-order valence-corrected chi connectivity index (χ0v) is 10.9. The Hall–Kier alpha value is -2.46. The predicted molar refractivity (Wildman–Crippen MR) is 74.3 cm³/mol. The third kappa shape index (κ3) is 2.21. The van der Waals surface area contributed by atoms with E-state index < -0.39 is 5.72 Å². The molecule has 1 atom stereocenters. The summed E-state index contributed by atoms with van der Waals surface area (Å²) >= 11 is 0. The Kier molecular flexibility index (Phi) is 3.08. The number of hydrogen-bond acceptors (Lipinski definition) is 4. The van der Waals surface area contributed by atoms with E-state index in [1.165, 1.54) is 0 Å². The van der Waals surface area contributed by atoms with Gasteiger partial charge in [0, 0.05) is 11.1 Å². The van der Waals surface area contributed by atoms with Gasteiger partial charge in [0.15, 0.2) is 0 Å². The van der Waals surface area contributed by atoms with Gasteiger partial charge in [-0.3, -0.25) is 4.79 Å². The summed E-state index contributed by atoms with van der Waals surface area (Å²) in [6.07, 6.45) is 0. The molecule has 0 bridgehead atoms. The number of Topliss-reactive ketones (excluding diaryl/α,β-unsaturated/α-hetero) is 1. The van der Waals surface area contributed by atoms with Crippen molar-refractivity contribution in [1.29, 1.82) is 0 Å². The number of hydrogen-bond donors (Lipinski definition) is 0. The van der Waals surface area contributed by atoms with E-state index in [0.29, 0.717) is 11.5 Å². The first-order valence-corrected chi connectivity index (χ1v) is 6.30. The quantitative estimate of drug-likeness (QED) is 0.634. The molecule has 0 spiro atoms. The van der Waals surface area contributed by atoms with Crippen LogP contribution in [0, 0.1) is 0 Å². The Morgan fingerprint density at radius 1 is 1.00 bits per heavy atom. The summed E-state index contributed by atoms with van der Waals surface area (Å²) in [7, 11) is 0. The van der Waals surface area contributed by atoms with Crippen LogP contribution in [0.4, 0.5) is 0 Å². The largest absolute Gasteiger partial charge is 0.313 e. The minimum atomic E-state index is -1.34. The van der Waals surface area contributed by atoms with Crippen molar-refractivity contribution in [2.75, 3.05) is 0 Å². The van der Waals surface area contributed by atoms with Crippen molar-refractivity contribution < 1.29 is 14.6 Å². The van der Waals surface area contributed by atoms with E-state index in [1.807, 2.05) is 36.4 Å². The molecule has 3 rings (SSSR count). The van der Waals surface area contributed by atoms with Crippen LogP contribution in [-0.2, 0) is 9.78 Å². The van der Waals surface area contributed by atoms with Gasteiger partial charge in [0.25, 0.3) is 11.6 Å². The van der Waals surface area contributed by atoms with Crippen LogP contribution in [0.2, 0.25) is 0 Å². The maximum absolute atomic E-state index is 12.4. The number of carbonyl (C=O) groups excluding carboxylic acids is 1. The molecule has 100 valence electrons. The van der Waals surface area contributed by atoms with Crippen molar-refractivity contribution in [2.45, 2.75) is 12.6 Å². The van der Waals surface area contributed by atoms with Crippen molar-refractivity contribution in [3.8, 4) is 0 Å². The molecular formula is C16H13NO3. The van der Waals surface area contributed by atoms with Crippen LogP contribution in [-0.4, -0.2) is 17.4 Å². The van der Waals surface area contributed by atoms with Gasteiger partial charge >= 0.3 is 0 Å². The number of aliphatic imine (C=N–C) groups is 1. The van der Waals surface area contributed by atoms with Crippen LogP contribution in [0.5, 0.6) is 0 Å². The third-order valence-electron chi connectivity index (χ3n) is 3.08. The highest BCUT2D eigenvalue weighted by Crippen LogP contribution is 2.27. The van der Waals surface area contributed by atoms with E-state index in [4.69, 9.17) is 9.78 Å². The van der Waals surface area contributed by atoms with Crippen molar-refractivity contribution in [2.24, 2.45) is 4.99 Å². The maximum atomic E-state index is 12.4. The summed E-state index contributed by atoms with van der Waals surface area (Å²) < 4.78 is 0. The molecule has 0 aromatic heterocycles. The summed E-state index contributed by atoms with van der Waals surface area (Å²) in [6.45, 7) is 1.60. The molecular weight excluding hydrogens is 254 g/mol. The van der Waals surface area contributed by atoms with Crippen molar-refractivity contribution in [3.63, 3.8) is 0 Å². The van der Waals surface area contributed by atoms with E-state index in [9.17, 15) is 4.79 Å². The minimum Gasteiger partial charge on any atom is -0.313 e. The fourth-order valence-electron chi connectivity index (χ4n) is 1.99. The van der Waals surface area contributed by atoms with Gasteiger partial charge in [0.1, 0.15) is 0 Å². The van der Waals surface area contributed by atoms with Gasteiger partial charge in [-0.1, -0.05) is 48.5 Å². The molecule has 0 aliphatic carbocycles. The fourth-order valence-corrected chi connectivity index (χ4v) is 1.99. The molecule has 2 aromatic carbocycles. The second-order valence-corrected chi connectivity index (χ2v) is 4.63. The summed E-state index contributed by atoms with van der Waals surface area (Å²) in [5.41, 5.74) is -0.0271. The predicted octanol–water partition coefficient (Wildman–Crippen LogP) is 2.99. The van der Waals surface area contributed by atoms with Gasteiger partial charge in [-0.2, -0.15) is 0 Å². The normalized spacial score (nSPS) is 21.1. The lowest BCUT2D eigenvalue weighted by Crippen LogP contribution is -2.33. The van der Waals surface area contributed by atoms with Crippen LogP contribution in [0.25, 0.3) is 0 Å². The van der Waals surface area contributed by atoms with Gasteiger partial charge in [-0.05, 0) is 19.1 Å². The van der Waals surface area contributed by atoms with Gasteiger partial charge in [0.2, 0.25) is 5.78 Å². The zero-order chi connectivity index (χ0) is 14.0. The SMILES string of the molecule is CC1(C(=O)c2ccccc2)N=C(c2ccccc2)OO1. The molecule has 1 aliphatic rings. The molecule has 1 aliphatic heterocycles. The van der Waals surface area contributed by atoms with Crippen LogP contribution in [0.3, 0.4) is 0 Å². The number of nitrogens with zero attached hydrogens (tertiary/aromatic N) is 1. The molecule has 0 amide bonds. The molecule has 1 unspecified atom stereocenters. The molecule has 0 saturated heterocycles. The van der Waals surface area contributed by atoms with Crippen molar-refractivity contribution >= 4 is 11.7 Å². The second kappa shape index (κ2) is 4.90. The lowest BCUT2D eigenvalue weighted by Gasteiger charge is -2.14. The fraction of sp³-hybridized carbons (Fsp3) is 0.125. The average molecular weight is 267 g/mol. The second-order valence-electron chi connectivity index (χ2n) is 4.63. The Balaban J connectivity index is 1.91. The lowest BCUT2D eigenvalue weighted by atomic mass is 10.0. The number of rotatable bonds is 3. The molecule has 4 nitrogen and oxygen atoms in total. The Bertz CT molecular complexity index is 652. The van der Waals surface area contributed by atoms with Gasteiger partial charge in [0.05, 0.1) is 0 Å². The maximum Gasteiger partial charge on any atom is 0.267 e. The van der Waals surface area contributed by atoms with Gasteiger partial charge in [-0.15, -0.1) is 4.89 Å². The molecule has 2 aromatic rings. The first-order valence-electron chi connectivity index (χ1n) is 6.30. The highest BCUT2D eigenvalue weighted by Gasteiger charge is 2.42. The Labute approximate surface area is 116 Å². The van der Waals surface area contributed by atoms with Gasteiger partial charge in [-0.25, -0.2) is 4.99 Å². The monoisotopic (exact) mass is 267 g/mol. The molecule has 0 radical (unpaired) electrons. The minimum absolute atomic E-state index is 0.232. The first-order chi connectivity index (χ1) is 9.69. The van der Waals surface area contributed by atoms with Crippen molar-refractivity contribution in [1.82, 2.24) is 0 Å². The lowest BCUT2D eigenvalue weighted by molar-refractivity contribution is -0.255. The average Bonchev–Trinajstić information content (AvgIpc) is 2.92. The zero-order valence-electron chi connectivity index (χ0n) is 10.9. The van der Waals surface area contributed by atoms with Crippen molar-refractivity contribution in [3.05, 3.63) is 71.8 Å². The van der Waals surface area contributed by atoms with Crippen LogP contribution >= 0.6 is 0 Å². The van der Waals surface area contributed by atoms with E-state index in [2.05, 4.69) is 4.99 Å². The molecule has 1 heterocycles. The Morgan fingerprint density at radius 3 is 2.25 bits per heavy atom. The highest BCUT2D eigenvalue weighted by atomic mass is 17.2. The summed E-state index contributed by atoms with van der Waals surface area (Å²) in [5, 5.41) is 0. The summed E-state index contributed by atoms with van der Waals surface area (Å²) in [6, 6.07) is 18.2. The van der Waals surface area contributed by atoms with E-state index >= 15 is 0 Å². The number of benzene rings is 2.